The van der Waals surface area contributed by atoms with Crippen LogP contribution in [0.1, 0.15) is 6.92 Å². The molecule has 1 atom stereocenters. The molecule has 0 aliphatic rings. The highest BCUT2D eigenvalue weighted by Gasteiger charge is 2.12. The van der Waals surface area contributed by atoms with Gasteiger partial charge in [-0.05, 0) is 37.3 Å². The van der Waals surface area contributed by atoms with Crippen LogP contribution in [-0.4, -0.2) is 16.9 Å². The topological polar surface area (TPSA) is 68.0 Å². The number of fused-ring (bicyclic) bond motifs is 1. The van der Waals surface area contributed by atoms with Crippen molar-refractivity contribution in [3.8, 4) is 10.6 Å². The van der Waals surface area contributed by atoms with Crippen molar-refractivity contribution in [1.29, 1.82) is 0 Å². The molecule has 7 heteroatoms. The fourth-order valence-corrected chi connectivity index (χ4v) is 3.18. The van der Waals surface area contributed by atoms with Gasteiger partial charge in [-0.15, -0.1) is 23.7 Å². The quantitative estimate of drug-likeness (QED) is 0.723. The Morgan fingerprint density at radius 1 is 1.30 bits per heavy atom. The number of halogens is 2. The van der Waals surface area contributed by atoms with Crippen molar-refractivity contribution < 1.29 is 4.79 Å². The molecule has 3 aromatic rings. The van der Waals surface area contributed by atoms with Gasteiger partial charge in [-0.1, -0.05) is 23.7 Å². The Labute approximate surface area is 149 Å². The summed E-state index contributed by atoms with van der Waals surface area (Å²) in [5.74, 6) is -0.269. The lowest BCUT2D eigenvalue weighted by Crippen LogP contribution is -2.32. The lowest BCUT2D eigenvalue weighted by molar-refractivity contribution is -0.117. The second-order valence-electron chi connectivity index (χ2n) is 4.96. The number of nitrogens with one attached hydrogen (secondary N) is 1. The van der Waals surface area contributed by atoms with E-state index in [0.717, 1.165) is 20.8 Å². The number of anilines is 1. The van der Waals surface area contributed by atoms with E-state index >= 15 is 0 Å². The van der Waals surface area contributed by atoms with Crippen LogP contribution in [0.5, 0.6) is 0 Å². The van der Waals surface area contributed by atoms with Gasteiger partial charge in [-0.2, -0.15) is 0 Å². The van der Waals surface area contributed by atoms with Gasteiger partial charge >= 0.3 is 0 Å². The van der Waals surface area contributed by atoms with E-state index in [2.05, 4.69) is 10.3 Å². The van der Waals surface area contributed by atoms with E-state index < -0.39 is 6.04 Å². The molecule has 0 saturated carbocycles. The van der Waals surface area contributed by atoms with E-state index in [9.17, 15) is 4.79 Å². The van der Waals surface area contributed by atoms with Crippen LogP contribution in [0.3, 0.4) is 0 Å². The van der Waals surface area contributed by atoms with Crippen LogP contribution in [0, 0.1) is 0 Å². The van der Waals surface area contributed by atoms with Gasteiger partial charge in [0.15, 0.2) is 0 Å². The predicted molar refractivity (Wildman–Crippen MR) is 99.6 cm³/mol. The number of para-hydroxylation sites is 1. The number of hydrogen-bond acceptors (Lipinski definition) is 4. The van der Waals surface area contributed by atoms with Crippen molar-refractivity contribution in [3.63, 3.8) is 0 Å². The molecular formula is C16H15Cl2N3OS. The van der Waals surface area contributed by atoms with Crippen LogP contribution in [-0.2, 0) is 4.79 Å². The van der Waals surface area contributed by atoms with E-state index in [0.29, 0.717) is 10.7 Å². The Bertz CT molecular complexity index is 815. The van der Waals surface area contributed by atoms with Crippen molar-refractivity contribution in [3.05, 3.63) is 47.5 Å². The molecule has 3 rings (SSSR count). The molecule has 0 saturated heterocycles. The third-order valence-corrected chi connectivity index (χ3v) is 4.58. The highest BCUT2D eigenvalue weighted by Crippen LogP contribution is 2.33. The Balaban J connectivity index is 0.00000192. The number of hydrogen-bond donors (Lipinski definition) is 2. The van der Waals surface area contributed by atoms with Gasteiger partial charge in [0.2, 0.25) is 5.91 Å². The Morgan fingerprint density at radius 3 is 2.70 bits per heavy atom. The molecule has 1 amide bonds. The maximum absolute atomic E-state index is 11.6. The summed E-state index contributed by atoms with van der Waals surface area (Å²) in [5.41, 5.74) is 7.97. The lowest BCUT2D eigenvalue weighted by atomic mass is 10.2. The number of amides is 1. The smallest absolute Gasteiger partial charge is 0.241 e. The Kier molecular flexibility index (Phi) is 5.59. The SMILES string of the molecule is C[C@H](N)C(=O)Nc1ccc(-c2nc3ccccc3s2)cc1Cl.Cl. The van der Waals surface area contributed by atoms with E-state index in [1.54, 1.807) is 30.4 Å². The number of aromatic nitrogens is 1. The summed E-state index contributed by atoms with van der Waals surface area (Å²) in [4.78, 5) is 16.2. The average Bonchev–Trinajstić information content (AvgIpc) is 2.93. The van der Waals surface area contributed by atoms with Gasteiger partial charge in [0.1, 0.15) is 5.01 Å². The standard InChI is InChI=1S/C16H14ClN3OS.ClH/c1-9(18)15(21)19-12-7-6-10(8-11(12)17)16-20-13-4-2-3-5-14(13)22-16;/h2-9H,18H2,1H3,(H,19,21);1H/t9-;/m0./s1. The number of carbonyl (C=O) groups excluding carboxylic acids is 1. The van der Waals surface area contributed by atoms with Crippen molar-refractivity contribution >= 4 is 57.2 Å². The molecule has 4 nitrogen and oxygen atoms in total. The number of thiazole rings is 1. The molecule has 120 valence electrons. The van der Waals surface area contributed by atoms with Crippen LogP contribution in [0.4, 0.5) is 5.69 Å². The zero-order valence-electron chi connectivity index (χ0n) is 12.2. The Hall–Kier alpha value is -1.66. The zero-order valence-corrected chi connectivity index (χ0v) is 14.6. The molecule has 3 N–H and O–H groups in total. The molecule has 0 unspecified atom stereocenters. The maximum Gasteiger partial charge on any atom is 0.241 e. The highest BCUT2D eigenvalue weighted by molar-refractivity contribution is 7.21. The molecule has 0 aliphatic carbocycles. The molecule has 2 aromatic carbocycles. The highest BCUT2D eigenvalue weighted by atomic mass is 35.5. The van der Waals surface area contributed by atoms with Crippen LogP contribution in [0.2, 0.25) is 5.02 Å². The average molecular weight is 368 g/mol. The first kappa shape index (κ1) is 17.7. The maximum atomic E-state index is 11.6. The minimum Gasteiger partial charge on any atom is -0.323 e. The van der Waals surface area contributed by atoms with E-state index in [1.165, 1.54) is 0 Å². The second kappa shape index (κ2) is 7.27. The molecule has 23 heavy (non-hydrogen) atoms. The minimum absolute atomic E-state index is 0. The summed E-state index contributed by atoms with van der Waals surface area (Å²) in [6.07, 6.45) is 0. The zero-order chi connectivity index (χ0) is 15.7. The summed E-state index contributed by atoms with van der Waals surface area (Å²) in [6.45, 7) is 1.62. The van der Waals surface area contributed by atoms with Crippen LogP contribution in [0.15, 0.2) is 42.5 Å². The van der Waals surface area contributed by atoms with Gasteiger partial charge in [0.25, 0.3) is 0 Å². The first-order chi connectivity index (χ1) is 10.5. The third-order valence-electron chi connectivity index (χ3n) is 3.18. The summed E-state index contributed by atoms with van der Waals surface area (Å²) in [7, 11) is 0. The van der Waals surface area contributed by atoms with Crippen molar-refractivity contribution in [1.82, 2.24) is 4.98 Å². The summed E-state index contributed by atoms with van der Waals surface area (Å²) in [5, 5.41) is 4.06. The van der Waals surface area contributed by atoms with Crippen molar-refractivity contribution in [2.45, 2.75) is 13.0 Å². The van der Waals surface area contributed by atoms with Crippen LogP contribution >= 0.6 is 35.3 Å². The van der Waals surface area contributed by atoms with E-state index in [4.69, 9.17) is 17.3 Å². The van der Waals surface area contributed by atoms with Crippen LogP contribution < -0.4 is 11.1 Å². The molecule has 1 aromatic heterocycles. The molecule has 0 fully saturated rings. The first-order valence-corrected chi connectivity index (χ1v) is 7.96. The largest absolute Gasteiger partial charge is 0.323 e. The van der Waals surface area contributed by atoms with Crippen molar-refractivity contribution in [2.24, 2.45) is 5.73 Å². The van der Waals surface area contributed by atoms with Gasteiger partial charge in [-0.3, -0.25) is 4.79 Å². The van der Waals surface area contributed by atoms with E-state index in [1.807, 2.05) is 30.3 Å². The molecule has 1 heterocycles. The monoisotopic (exact) mass is 367 g/mol. The molecule has 0 radical (unpaired) electrons. The van der Waals surface area contributed by atoms with Gasteiger partial charge in [0.05, 0.1) is 27.0 Å². The second-order valence-corrected chi connectivity index (χ2v) is 6.40. The summed E-state index contributed by atoms with van der Waals surface area (Å²) in [6, 6.07) is 12.8. The fraction of sp³-hybridized carbons (Fsp3) is 0.125. The predicted octanol–water partition coefficient (Wildman–Crippen LogP) is 4.32. The van der Waals surface area contributed by atoms with Gasteiger partial charge < -0.3 is 11.1 Å². The normalized spacial score (nSPS) is 11.8. The number of nitrogens with zero attached hydrogens (tertiary/aromatic N) is 1. The summed E-state index contributed by atoms with van der Waals surface area (Å²) < 4.78 is 1.13. The van der Waals surface area contributed by atoms with Gasteiger partial charge in [0, 0.05) is 5.56 Å². The Morgan fingerprint density at radius 2 is 2.04 bits per heavy atom. The number of benzene rings is 2. The number of rotatable bonds is 3. The number of nitrogens with two attached hydrogens (primary N) is 1. The fourth-order valence-electron chi connectivity index (χ4n) is 1.99. The third kappa shape index (κ3) is 3.82. The molecule has 0 spiro atoms. The minimum atomic E-state index is -0.583. The number of carbonyl (C=O) groups is 1. The summed E-state index contributed by atoms with van der Waals surface area (Å²) >= 11 is 7.85. The first-order valence-electron chi connectivity index (χ1n) is 6.76. The lowest BCUT2D eigenvalue weighted by Gasteiger charge is -2.10. The molecular weight excluding hydrogens is 353 g/mol. The molecule has 0 bridgehead atoms. The van der Waals surface area contributed by atoms with Crippen LogP contribution in [0.25, 0.3) is 20.8 Å². The molecule has 0 aliphatic heterocycles. The van der Waals surface area contributed by atoms with Gasteiger partial charge in [-0.25, -0.2) is 4.98 Å². The van der Waals surface area contributed by atoms with Crippen molar-refractivity contribution in [2.75, 3.05) is 5.32 Å². The van der Waals surface area contributed by atoms with E-state index in [-0.39, 0.29) is 18.3 Å².